The Balaban J connectivity index is 2.12. The van der Waals surface area contributed by atoms with E-state index in [1.54, 1.807) is 6.92 Å². The molecular formula is C18H15NO2S. The summed E-state index contributed by atoms with van der Waals surface area (Å²) < 4.78 is 5.08. The zero-order valence-electron chi connectivity index (χ0n) is 12.2. The van der Waals surface area contributed by atoms with Gasteiger partial charge in [-0.25, -0.2) is 9.78 Å². The largest absolute Gasteiger partial charge is 0.461 e. The zero-order valence-corrected chi connectivity index (χ0v) is 13.0. The second-order valence-electron chi connectivity index (χ2n) is 4.65. The maximum absolute atomic E-state index is 12.0. The molecule has 0 bridgehead atoms. The lowest BCUT2D eigenvalue weighted by molar-refractivity contribution is 0.0526. The first kappa shape index (κ1) is 14.5. The van der Waals surface area contributed by atoms with Crippen LogP contribution in [0.3, 0.4) is 0 Å². The summed E-state index contributed by atoms with van der Waals surface area (Å²) >= 11 is 1.37. The molecule has 3 rings (SSSR count). The van der Waals surface area contributed by atoms with E-state index >= 15 is 0 Å². The van der Waals surface area contributed by atoms with E-state index in [9.17, 15) is 4.79 Å². The summed E-state index contributed by atoms with van der Waals surface area (Å²) in [7, 11) is 0. The van der Waals surface area contributed by atoms with Crippen LogP contribution in [-0.2, 0) is 4.74 Å². The Hall–Kier alpha value is -2.46. The van der Waals surface area contributed by atoms with Gasteiger partial charge in [-0.3, -0.25) is 0 Å². The van der Waals surface area contributed by atoms with Crippen LogP contribution in [0.25, 0.3) is 21.7 Å². The van der Waals surface area contributed by atoms with Gasteiger partial charge in [-0.1, -0.05) is 60.7 Å². The van der Waals surface area contributed by atoms with Crippen LogP contribution in [-0.4, -0.2) is 17.6 Å². The lowest BCUT2D eigenvalue weighted by atomic mass is 10.1. The maximum Gasteiger partial charge on any atom is 0.367 e. The quantitative estimate of drug-likeness (QED) is 0.658. The molecule has 0 aliphatic heterocycles. The topological polar surface area (TPSA) is 39.2 Å². The van der Waals surface area contributed by atoms with E-state index in [2.05, 4.69) is 4.98 Å². The fourth-order valence-electron chi connectivity index (χ4n) is 2.18. The molecule has 1 aromatic heterocycles. The SMILES string of the molecule is CCOC(=O)c1nc(-c2ccccc2)c(-c2ccccc2)s1. The van der Waals surface area contributed by atoms with Crippen molar-refractivity contribution in [1.29, 1.82) is 0 Å². The van der Waals surface area contributed by atoms with Crippen LogP contribution in [0.2, 0.25) is 0 Å². The van der Waals surface area contributed by atoms with Gasteiger partial charge in [0.2, 0.25) is 5.01 Å². The molecule has 2 aromatic carbocycles. The van der Waals surface area contributed by atoms with Gasteiger partial charge in [0.05, 0.1) is 17.2 Å². The van der Waals surface area contributed by atoms with Crippen molar-refractivity contribution in [2.75, 3.05) is 6.61 Å². The second-order valence-corrected chi connectivity index (χ2v) is 5.65. The molecule has 1 heterocycles. The molecule has 0 saturated carbocycles. The Morgan fingerprint density at radius 3 is 2.18 bits per heavy atom. The normalized spacial score (nSPS) is 10.4. The van der Waals surface area contributed by atoms with Crippen LogP contribution >= 0.6 is 11.3 Å². The van der Waals surface area contributed by atoms with Gasteiger partial charge in [-0.05, 0) is 12.5 Å². The van der Waals surface area contributed by atoms with E-state index in [0.29, 0.717) is 11.6 Å². The summed E-state index contributed by atoms with van der Waals surface area (Å²) in [6, 6.07) is 19.9. The number of hydrogen-bond acceptors (Lipinski definition) is 4. The second kappa shape index (κ2) is 6.54. The van der Waals surface area contributed by atoms with Crippen LogP contribution in [0, 0.1) is 0 Å². The minimum atomic E-state index is -0.369. The summed E-state index contributed by atoms with van der Waals surface area (Å²) in [4.78, 5) is 17.5. The molecule has 3 nitrogen and oxygen atoms in total. The van der Waals surface area contributed by atoms with Gasteiger partial charge in [0.1, 0.15) is 0 Å². The molecule has 0 saturated heterocycles. The molecule has 0 atom stereocenters. The molecule has 0 aliphatic rings. The molecular weight excluding hydrogens is 294 g/mol. The van der Waals surface area contributed by atoms with Gasteiger partial charge in [-0.15, -0.1) is 11.3 Å². The molecule has 0 unspecified atom stereocenters. The number of thiazole rings is 1. The Morgan fingerprint density at radius 2 is 1.59 bits per heavy atom. The van der Waals surface area contributed by atoms with Crippen LogP contribution in [0.1, 0.15) is 16.7 Å². The number of esters is 1. The summed E-state index contributed by atoms with van der Waals surface area (Å²) in [5.74, 6) is -0.369. The van der Waals surface area contributed by atoms with Crippen molar-refractivity contribution in [2.24, 2.45) is 0 Å². The van der Waals surface area contributed by atoms with Crippen LogP contribution in [0.15, 0.2) is 60.7 Å². The Morgan fingerprint density at radius 1 is 1.00 bits per heavy atom. The summed E-state index contributed by atoms with van der Waals surface area (Å²) in [6.45, 7) is 2.14. The summed E-state index contributed by atoms with van der Waals surface area (Å²) in [6.07, 6.45) is 0. The molecule has 0 N–H and O–H groups in total. The Bertz CT molecular complexity index is 709. The smallest absolute Gasteiger partial charge is 0.367 e. The van der Waals surface area contributed by atoms with Crippen molar-refractivity contribution in [3.05, 3.63) is 65.7 Å². The highest BCUT2D eigenvalue weighted by Crippen LogP contribution is 2.36. The third-order valence-corrected chi connectivity index (χ3v) is 4.24. The lowest BCUT2D eigenvalue weighted by Crippen LogP contribution is -2.03. The highest BCUT2D eigenvalue weighted by molar-refractivity contribution is 7.17. The Kier molecular flexibility index (Phi) is 4.30. The number of carbonyl (C=O) groups excluding carboxylic acids is 1. The van der Waals surface area contributed by atoms with E-state index in [4.69, 9.17) is 4.74 Å². The van der Waals surface area contributed by atoms with E-state index in [1.165, 1.54) is 11.3 Å². The molecule has 0 amide bonds. The number of aromatic nitrogens is 1. The molecule has 4 heteroatoms. The fraction of sp³-hybridized carbons (Fsp3) is 0.111. The van der Waals surface area contributed by atoms with Crippen molar-refractivity contribution in [1.82, 2.24) is 4.98 Å². The van der Waals surface area contributed by atoms with Gasteiger partial charge in [0, 0.05) is 5.56 Å². The zero-order chi connectivity index (χ0) is 15.4. The molecule has 110 valence electrons. The van der Waals surface area contributed by atoms with Crippen LogP contribution < -0.4 is 0 Å². The van der Waals surface area contributed by atoms with Gasteiger partial charge in [-0.2, -0.15) is 0 Å². The van der Waals surface area contributed by atoms with Gasteiger partial charge >= 0.3 is 5.97 Å². The summed E-state index contributed by atoms with van der Waals surface area (Å²) in [5.41, 5.74) is 2.86. The van der Waals surface area contributed by atoms with Crippen molar-refractivity contribution in [2.45, 2.75) is 6.92 Å². The monoisotopic (exact) mass is 309 g/mol. The van der Waals surface area contributed by atoms with Crippen molar-refractivity contribution in [3.63, 3.8) is 0 Å². The lowest BCUT2D eigenvalue weighted by Gasteiger charge is -2.02. The number of benzene rings is 2. The number of ether oxygens (including phenoxy) is 1. The number of carbonyl (C=O) groups is 1. The van der Waals surface area contributed by atoms with Crippen molar-refractivity contribution >= 4 is 17.3 Å². The number of rotatable bonds is 4. The standard InChI is InChI=1S/C18H15NO2S/c1-2-21-18(20)17-19-15(13-9-5-3-6-10-13)16(22-17)14-11-7-4-8-12-14/h3-12H,2H2,1H3. The molecule has 0 fully saturated rings. The van der Waals surface area contributed by atoms with Crippen LogP contribution in [0.4, 0.5) is 0 Å². The molecule has 0 spiro atoms. The average molecular weight is 309 g/mol. The summed E-state index contributed by atoms with van der Waals surface area (Å²) in [5, 5.41) is 0.388. The van der Waals surface area contributed by atoms with Gasteiger partial charge in [0.15, 0.2) is 0 Å². The predicted octanol–water partition coefficient (Wildman–Crippen LogP) is 4.65. The van der Waals surface area contributed by atoms with E-state index < -0.39 is 0 Å². The van der Waals surface area contributed by atoms with Crippen molar-refractivity contribution in [3.8, 4) is 21.7 Å². The first-order chi connectivity index (χ1) is 10.8. The average Bonchev–Trinajstić information content (AvgIpc) is 3.02. The van der Waals surface area contributed by atoms with E-state index in [1.807, 2.05) is 60.7 Å². The molecule has 0 aliphatic carbocycles. The third-order valence-electron chi connectivity index (χ3n) is 3.16. The molecule has 0 radical (unpaired) electrons. The molecule has 22 heavy (non-hydrogen) atoms. The Labute approximate surface area is 133 Å². The first-order valence-electron chi connectivity index (χ1n) is 7.08. The van der Waals surface area contributed by atoms with Gasteiger partial charge in [0.25, 0.3) is 0 Å². The minimum Gasteiger partial charge on any atom is -0.461 e. The number of hydrogen-bond donors (Lipinski definition) is 0. The van der Waals surface area contributed by atoms with Crippen molar-refractivity contribution < 1.29 is 9.53 Å². The van der Waals surface area contributed by atoms with Crippen LogP contribution in [0.5, 0.6) is 0 Å². The minimum absolute atomic E-state index is 0.347. The highest BCUT2D eigenvalue weighted by atomic mass is 32.1. The molecule has 3 aromatic rings. The number of nitrogens with zero attached hydrogens (tertiary/aromatic N) is 1. The predicted molar refractivity (Wildman–Crippen MR) is 88.9 cm³/mol. The highest BCUT2D eigenvalue weighted by Gasteiger charge is 2.19. The fourth-order valence-corrected chi connectivity index (χ4v) is 3.16. The van der Waals surface area contributed by atoms with E-state index in [0.717, 1.165) is 21.7 Å². The van der Waals surface area contributed by atoms with Gasteiger partial charge < -0.3 is 4.74 Å². The van der Waals surface area contributed by atoms with E-state index in [-0.39, 0.29) is 5.97 Å². The maximum atomic E-state index is 12.0. The first-order valence-corrected chi connectivity index (χ1v) is 7.90. The third kappa shape index (κ3) is 2.92.